The minimum absolute atomic E-state index is 0.137. The van der Waals surface area contributed by atoms with Crippen molar-refractivity contribution in [3.63, 3.8) is 0 Å². The summed E-state index contributed by atoms with van der Waals surface area (Å²) in [7, 11) is 2.16. The number of rotatable bonds is 9. The summed E-state index contributed by atoms with van der Waals surface area (Å²) in [5, 5.41) is 13.9. The monoisotopic (exact) mass is 290 g/mol. The molecule has 0 amide bonds. The zero-order valence-corrected chi connectivity index (χ0v) is 13.7. The van der Waals surface area contributed by atoms with Crippen molar-refractivity contribution in [3.8, 4) is 0 Å². The van der Waals surface area contributed by atoms with Gasteiger partial charge >= 0.3 is 0 Å². The van der Waals surface area contributed by atoms with E-state index in [1.165, 1.54) is 24.8 Å². The van der Waals surface area contributed by atoms with E-state index >= 15 is 0 Å². The first kappa shape index (κ1) is 16.5. The zero-order valence-electron chi connectivity index (χ0n) is 13.7. The molecule has 2 rings (SSSR count). The van der Waals surface area contributed by atoms with Gasteiger partial charge in [0.2, 0.25) is 0 Å². The number of hydrogen-bond acceptors (Lipinski definition) is 3. The predicted molar refractivity (Wildman–Crippen MR) is 88.3 cm³/mol. The fraction of sp³-hybridized carbons (Fsp3) is 0.667. The van der Waals surface area contributed by atoms with Crippen LogP contribution in [0.4, 0.5) is 0 Å². The molecule has 0 heterocycles. The first-order valence-electron chi connectivity index (χ1n) is 8.22. The van der Waals surface area contributed by atoms with Crippen LogP contribution in [-0.2, 0) is 5.54 Å². The summed E-state index contributed by atoms with van der Waals surface area (Å²) in [5.74, 6) is 0.683. The second-order valence-corrected chi connectivity index (χ2v) is 6.74. The van der Waals surface area contributed by atoms with E-state index in [0.29, 0.717) is 12.0 Å². The molecule has 0 radical (unpaired) electrons. The van der Waals surface area contributed by atoms with Crippen LogP contribution in [0.3, 0.4) is 0 Å². The Morgan fingerprint density at radius 2 is 2.00 bits per heavy atom. The fourth-order valence-electron chi connectivity index (χ4n) is 2.97. The molecule has 118 valence electrons. The molecule has 3 heteroatoms. The Bertz CT molecular complexity index is 418. The summed E-state index contributed by atoms with van der Waals surface area (Å²) in [4.78, 5) is 2.35. The molecule has 1 aliphatic carbocycles. The van der Waals surface area contributed by atoms with Crippen LogP contribution >= 0.6 is 0 Å². The van der Waals surface area contributed by atoms with E-state index in [4.69, 9.17) is 0 Å². The van der Waals surface area contributed by atoms with Crippen LogP contribution < -0.4 is 5.32 Å². The standard InChI is InChI=1S/C18H30N2O/c1-4-15(2)12-20(3)13-18(14-21,19-17-10-11-17)16-8-6-5-7-9-16/h5-9,15,17,19,21H,4,10-14H2,1-3H3. The maximum absolute atomic E-state index is 10.2. The zero-order chi connectivity index (χ0) is 15.3. The summed E-state index contributed by atoms with van der Waals surface area (Å²) in [6, 6.07) is 11.0. The number of hydrogen-bond donors (Lipinski definition) is 2. The average molecular weight is 290 g/mol. The van der Waals surface area contributed by atoms with Gasteiger partial charge in [-0.05, 0) is 31.4 Å². The predicted octanol–water partition coefficient (Wildman–Crippen LogP) is 2.60. The highest BCUT2D eigenvalue weighted by atomic mass is 16.3. The van der Waals surface area contributed by atoms with Crippen molar-refractivity contribution in [1.29, 1.82) is 0 Å². The summed E-state index contributed by atoms with van der Waals surface area (Å²) in [6.07, 6.45) is 3.64. The molecule has 2 atom stereocenters. The number of nitrogens with one attached hydrogen (secondary N) is 1. The Kier molecular flexibility index (Phi) is 5.80. The summed E-state index contributed by atoms with van der Waals surface area (Å²) in [5.41, 5.74) is 0.848. The van der Waals surface area contributed by atoms with Gasteiger partial charge in [-0.15, -0.1) is 0 Å². The van der Waals surface area contributed by atoms with Gasteiger partial charge in [-0.1, -0.05) is 50.6 Å². The molecule has 1 aromatic rings. The summed E-state index contributed by atoms with van der Waals surface area (Å²) < 4.78 is 0. The topological polar surface area (TPSA) is 35.5 Å². The highest BCUT2D eigenvalue weighted by Crippen LogP contribution is 2.29. The van der Waals surface area contributed by atoms with Crippen LogP contribution in [0.25, 0.3) is 0 Å². The smallest absolute Gasteiger partial charge is 0.0799 e. The van der Waals surface area contributed by atoms with Crippen molar-refractivity contribution in [2.24, 2.45) is 5.92 Å². The quantitative estimate of drug-likeness (QED) is 0.734. The second kappa shape index (κ2) is 7.39. The molecule has 0 aliphatic heterocycles. The number of benzene rings is 1. The SMILES string of the molecule is CCC(C)CN(C)CC(CO)(NC1CC1)c1ccccc1. The van der Waals surface area contributed by atoms with Crippen molar-refractivity contribution in [2.75, 3.05) is 26.7 Å². The first-order chi connectivity index (χ1) is 10.1. The Morgan fingerprint density at radius 3 is 2.52 bits per heavy atom. The fourth-order valence-corrected chi connectivity index (χ4v) is 2.97. The lowest BCUT2D eigenvalue weighted by atomic mass is 9.89. The van der Waals surface area contributed by atoms with E-state index in [-0.39, 0.29) is 12.1 Å². The normalized spacial score (nSPS) is 19.5. The first-order valence-corrected chi connectivity index (χ1v) is 8.22. The van der Waals surface area contributed by atoms with Crippen LogP contribution in [0.15, 0.2) is 30.3 Å². The summed E-state index contributed by atoms with van der Waals surface area (Å²) >= 11 is 0. The number of aliphatic hydroxyl groups excluding tert-OH is 1. The molecule has 1 saturated carbocycles. The van der Waals surface area contributed by atoms with Crippen molar-refractivity contribution in [1.82, 2.24) is 10.2 Å². The largest absolute Gasteiger partial charge is 0.394 e. The van der Waals surface area contributed by atoms with E-state index in [2.05, 4.69) is 55.4 Å². The molecule has 2 unspecified atom stereocenters. The highest BCUT2D eigenvalue weighted by molar-refractivity contribution is 5.26. The van der Waals surface area contributed by atoms with E-state index in [1.807, 2.05) is 6.07 Å². The van der Waals surface area contributed by atoms with Gasteiger partial charge in [-0.2, -0.15) is 0 Å². The molecular formula is C18H30N2O. The average Bonchev–Trinajstić information content (AvgIpc) is 3.31. The molecule has 1 aromatic carbocycles. The van der Waals surface area contributed by atoms with Crippen LogP contribution in [0.2, 0.25) is 0 Å². The van der Waals surface area contributed by atoms with Crippen LogP contribution in [0.5, 0.6) is 0 Å². The second-order valence-electron chi connectivity index (χ2n) is 6.74. The van der Waals surface area contributed by atoms with E-state index in [1.54, 1.807) is 0 Å². The van der Waals surface area contributed by atoms with E-state index < -0.39 is 0 Å². The van der Waals surface area contributed by atoms with Gasteiger partial charge in [0.05, 0.1) is 12.1 Å². The van der Waals surface area contributed by atoms with Gasteiger partial charge in [0, 0.05) is 19.1 Å². The number of nitrogens with zero attached hydrogens (tertiary/aromatic N) is 1. The minimum atomic E-state index is -0.343. The Morgan fingerprint density at radius 1 is 1.33 bits per heavy atom. The number of likely N-dealkylation sites (N-methyl/N-ethyl adjacent to an activating group) is 1. The van der Waals surface area contributed by atoms with Gasteiger partial charge in [-0.25, -0.2) is 0 Å². The van der Waals surface area contributed by atoms with Gasteiger partial charge in [0.1, 0.15) is 0 Å². The van der Waals surface area contributed by atoms with Crippen molar-refractivity contribution >= 4 is 0 Å². The molecule has 1 fully saturated rings. The lowest BCUT2D eigenvalue weighted by Crippen LogP contribution is -2.54. The Labute approximate surface area is 129 Å². The van der Waals surface area contributed by atoms with Crippen molar-refractivity contribution in [3.05, 3.63) is 35.9 Å². The third-order valence-corrected chi connectivity index (χ3v) is 4.51. The summed E-state index contributed by atoms with van der Waals surface area (Å²) in [6.45, 7) is 6.57. The lowest BCUT2D eigenvalue weighted by molar-refractivity contribution is 0.109. The van der Waals surface area contributed by atoms with Crippen LogP contribution in [0, 0.1) is 5.92 Å². The van der Waals surface area contributed by atoms with Gasteiger partial charge in [-0.3, -0.25) is 0 Å². The third kappa shape index (κ3) is 4.53. The van der Waals surface area contributed by atoms with Crippen molar-refractivity contribution in [2.45, 2.75) is 44.7 Å². The van der Waals surface area contributed by atoms with Gasteiger partial charge < -0.3 is 15.3 Å². The Balaban J connectivity index is 2.14. The molecule has 0 aromatic heterocycles. The molecule has 3 nitrogen and oxygen atoms in total. The van der Waals surface area contributed by atoms with Gasteiger partial charge in [0.25, 0.3) is 0 Å². The number of aliphatic hydroxyl groups is 1. The minimum Gasteiger partial charge on any atom is -0.394 e. The Hall–Kier alpha value is -0.900. The maximum Gasteiger partial charge on any atom is 0.0799 e. The molecule has 0 spiro atoms. The molecule has 0 saturated heterocycles. The maximum atomic E-state index is 10.2. The van der Waals surface area contributed by atoms with E-state index in [9.17, 15) is 5.11 Å². The third-order valence-electron chi connectivity index (χ3n) is 4.51. The molecule has 0 bridgehead atoms. The van der Waals surface area contributed by atoms with Crippen molar-refractivity contribution < 1.29 is 5.11 Å². The molecule has 21 heavy (non-hydrogen) atoms. The molecular weight excluding hydrogens is 260 g/mol. The van der Waals surface area contributed by atoms with Gasteiger partial charge in [0.15, 0.2) is 0 Å². The van der Waals surface area contributed by atoms with Crippen LogP contribution in [-0.4, -0.2) is 42.8 Å². The van der Waals surface area contributed by atoms with E-state index in [0.717, 1.165) is 13.1 Å². The highest BCUT2D eigenvalue weighted by Gasteiger charge is 2.38. The molecule has 2 N–H and O–H groups in total. The molecule has 1 aliphatic rings. The van der Waals surface area contributed by atoms with Crippen LogP contribution in [0.1, 0.15) is 38.7 Å². The lowest BCUT2D eigenvalue weighted by Gasteiger charge is -2.38.